The molecule has 0 saturated heterocycles. The van der Waals surface area contributed by atoms with Crippen LogP contribution in [-0.4, -0.2) is 8.42 Å². The monoisotopic (exact) mass is 371 g/mol. The molecule has 0 saturated carbocycles. The predicted molar refractivity (Wildman–Crippen MR) is 84.5 cm³/mol. The van der Waals surface area contributed by atoms with Crippen LogP contribution < -0.4 is 4.72 Å². The van der Waals surface area contributed by atoms with Crippen LogP contribution in [0.2, 0.25) is 0 Å². The van der Waals surface area contributed by atoms with Crippen molar-refractivity contribution in [1.82, 2.24) is 4.72 Å². The summed E-state index contributed by atoms with van der Waals surface area (Å²) in [5, 5.41) is 0. The largest absolute Gasteiger partial charge is 0.250 e. The molecule has 6 heteroatoms. The first-order valence-electron chi connectivity index (χ1n) is 6.42. The van der Waals surface area contributed by atoms with Crippen LogP contribution in [0.3, 0.4) is 0 Å². The Bertz CT molecular complexity index is 724. The van der Waals surface area contributed by atoms with E-state index in [1.54, 1.807) is 12.1 Å². The Kier molecular flexibility index (Phi) is 3.99. The molecular weight excluding hydrogens is 358 g/mol. The van der Waals surface area contributed by atoms with Gasteiger partial charge in [-0.3, -0.25) is 0 Å². The van der Waals surface area contributed by atoms with Gasteiger partial charge in [0.2, 0.25) is 0 Å². The second kappa shape index (κ2) is 5.60. The average molecular weight is 372 g/mol. The van der Waals surface area contributed by atoms with Crippen molar-refractivity contribution < 1.29 is 8.42 Å². The molecule has 1 aliphatic rings. The van der Waals surface area contributed by atoms with Gasteiger partial charge in [-0.1, -0.05) is 24.3 Å². The van der Waals surface area contributed by atoms with Crippen molar-refractivity contribution in [2.45, 2.75) is 29.5 Å². The van der Waals surface area contributed by atoms with Gasteiger partial charge in [0.25, 0.3) is 10.0 Å². The van der Waals surface area contributed by atoms with E-state index in [-0.39, 0.29) is 6.04 Å². The summed E-state index contributed by atoms with van der Waals surface area (Å²) >= 11 is 4.53. The number of hydrogen-bond acceptors (Lipinski definition) is 3. The number of nitrogens with one attached hydrogen (secondary N) is 1. The molecule has 0 fully saturated rings. The van der Waals surface area contributed by atoms with Crippen LogP contribution in [0.25, 0.3) is 0 Å². The minimum absolute atomic E-state index is 0.120. The molecule has 1 aromatic heterocycles. The van der Waals surface area contributed by atoms with Gasteiger partial charge in [0.15, 0.2) is 0 Å². The second-order valence-electron chi connectivity index (χ2n) is 4.82. The fraction of sp³-hybridized carbons (Fsp3) is 0.286. The fourth-order valence-electron chi connectivity index (χ4n) is 2.56. The van der Waals surface area contributed by atoms with E-state index in [1.807, 2.05) is 18.2 Å². The van der Waals surface area contributed by atoms with Gasteiger partial charge in [-0.05, 0) is 58.5 Å². The van der Waals surface area contributed by atoms with E-state index in [9.17, 15) is 8.42 Å². The van der Waals surface area contributed by atoms with Gasteiger partial charge in [-0.15, -0.1) is 11.3 Å². The third-order valence-electron chi connectivity index (χ3n) is 3.48. The van der Waals surface area contributed by atoms with Crippen molar-refractivity contribution in [3.63, 3.8) is 0 Å². The lowest BCUT2D eigenvalue weighted by Crippen LogP contribution is -2.30. The highest BCUT2D eigenvalue weighted by Crippen LogP contribution is 2.32. The molecule has 0 radical (unpaired) electrons. The number of halogens is 1. The summed E-state index contributed by atoms with van der Waals surface area (Å²) in [4.78, 5) is 0. The highest BCUT2D eigenvalue weighted by molar-refractivity contribution is 9.11. The highest BCUT2D eigenvalue weighted by Gasteiger charge is 2.26. The number of rotatable bonds is 3. The van der Waals surface area contributed by atoms with Gasteiger partial charge in [0.1, 0.15) is 4.21 Å². The molecule has 3 nitrogen and oxygen atoms in total. The SMILES string of the molecule is O=S(=O)(N[C@@H]1CCCc2ccccc21)c1ccc(Br)s1. The van der Waals surface area contributed by atoms with Crippen LogP contribution in [-0.2, 0) is 16.4 Å². The molecule has 1 aliphatic carbocycles. The Balaban J connectivity index is 1.89. The van der Waals surface area contributed by atoms with E-state index in [0.29, 0.717) is 4.21 Å². The first-order chi connectivity index (χ1) is 9.56. The average Bonchev–Trinajstić information content (AvgIpc) is 2.86. The maximum Gasteiger partial charge on any atom is 0.250 e. The zero-order chi connectivity index (χ0) is 14.2. The predicted octanol–water partition coefficient (Wildman–Crippen LogP) is 3.87. The number of sulfonamides is 1. The number of hydrogen-bond donors (Lipinski definition) is 1. The van der Waals surface area contributed by atoms with Gasteiger partial charge < -0.3 is 0 Å². The first kappa shape index (κ1) is 14.3. The minimum atomic E-state index is -3.44. The van der Waals surface area contributed by atoms with Crippen LogP contribution in [0.5, 0.6) is 0 Å². The highest BCUT2D eigenvalue weighted by atomic mass is 79.9. The molecule has 1 atom stereocenters. The molecule has 106 valence electrons. The Morgan fingerprint density at radius 2 is 2.00 bits per heavy atom. The van der Waals surface area contributed by atoms with E-state index in [0.717, 1.165) is 28.6 Å². The lowest BCUT2D eigenvalue weighted by atomic mass is 9.88. The Hall–Kier alpha value is -0.690. The number of fused-ring (bicyclic) bond motifs is 1. The molecule has 0 aliphatic heterocycles. The van der Waals surface area contributed by atoms with Gasteiger partial charge in [-0.25, -0.2) is 13.1 Å². The number of aryl methyl sites for hydroxylation is 1. The molecule has 0 unspecified atom stereocenters. The zero-order valence-electron chi connectivity index (χ0n) is 10.7. The maximum atomic E-state index is 12.4. The van der Waals surface area contributed by atoms with Crippen molar-refractivity contribution in [2.75, 3.05) is 0 Å². The van der Waals surface area contributed by atoms with E-state index in [2.05, 4.69) is 26.7 Å². The lowest BCUT2D eigenvalue weighted by molar-refractivity contribution is 0.508. The molecule has 0 bridgehead atoms. The summed E-state index contributed by atoms with van der Waals surface area (Å²) < 4.78 is 28.8. The Labute approximate surface area is 131 Å². The lowest BCUT2D eigenvalue weighted by Gasteiger charge is -2.25. The summed E-state index contributed by atoms with van der Waals surface area (Å²) in [5.41, 5.74) is 2.36. The molecule has 1 aromatic carbocycles. The summed E-state index contributed by atoms with van der Waals surface area (Å²) in [6.07, 6.45) is 2.89. The summed E-state index contributed by atoms with van der Waals surface area (Å²) in [7, 11) is -3.44. The maximum absolute atomic E-state index is 12.4. The summed E-state index contributed by atoms with van der Waals surface area (Å²) in [5.74, 6) is 0. The standard InChI is InChI=1S/C14H14BrNO2S2/c15-13-8-9-14(19-13)20(17,18)16-12-7-3-5-10-4-1-2-6-11(10)12/h1-2,4,6,8-9,12,16H,3,5,7H2/t12-/m1/s1. The Morgan fingerprint density at radius 3 is 2.75 bits per heavy atom. The molecule has 0 spiro atoms. The van der Waals surface area contributed by atoms with Gasteiger partial charge >= 0.3 is 0 Å². The van der Waals surface area contributed by atoms with Gasteiger partial charge in [0, 0.05) is 6.04 Å². The smallest absolute Gasteiger partial charge is 0.206 e. The van der Waals surface area contributed by atoms with E-state index < -0.39 is 10.0 Å². The topological polar surface area (TPSA) is 46.2 Å². The van der Waals surface area contributed by atoms with E-state index in [1.165, 1.54) is 16.9 Å². The Morgan fingerprint density at radius 1 is 1.20 bits per heavy atom. The quantitative estimate of drug-likeness (QED) is 0.889. The van der Waals surface area contributed by atoms with Crippen LogP contribution in [0.15, 0.2) is 44.4 Å². The molecule has 1 N–H and O–H groups in total. The fourth-order valence-corrected chi connectivity index (χ4v) is 5.84. The van der Waals surface area contributed by atoms with Crippen molar-refractivity contribution >= 4 is 37.3 Å². The van der Waals surface area contributed by atoms with Crippen LogP contribution >= 0.6 is 27.3 Å². The number of thiophene rings is 1. The summed E-state index contributed by atoms with van der Waals surface area (Å²) in [6.45, 7) is 0. The second-order valence-corrected chi connectivity index (χ2v) is 9.23. The van der Waals surface area contributed by atoms with Crippen LogP contribution in [0, 0.1) is 0 Å². The zero-order valence-corrected chi connectivity index (χ0v) is 13.9. The molecule has 20 heavy (non-hydrogen) atoms. The number of benzene rings is 1. The first-order valence-corrected chi connectivity index (χ1v) is 9.51. The molecule has 3 rings (SSSR count). The molecule has 1 heterocycles. The van der Waals surface area contributed by atoms with Gasteiger partial charge in [0.05, 0.1) is 3.79 Å². The van der Waals surface area contributed by atoms with Crippen LogP contribution in [0.4, 0.5) is 0 Å². The third kappa shape index (κ3) is 2.83. The van der Waals surface area contributed by atoms with Crippen molar-refractivity contribution in [1.29, 1.82) is 0 Å². The van der Waals surface area contributed by atoms with E-state index >= 15 is 0 Å². The van der Waals surface area contributed by atoms with E-state index in [4.69, 9.17) is 0 Å². The van der Waals surface area contributed by atoms with Crippen molar-refractivity contribution in [3.8, 4) is 0 Å². The molecule has 2 aromatic rings. The normalized spacial score (nSPS) is 18.8. The third-order valence-corrected chi connectivity index (χ3v) is 7.07. The van der Waals surface area contributed by atoms with Crippen LogP contribution in [0.1, 0.15) is 30.0 Å². The van der Waals surface area contributed by atoms with Gasteiger partial charge in [-0.2, -0.15) is 0 Å². The molecule has 0 amide bonds. The summed E-state index contributed by atoms with van der Waals surface area (Å²) in [6, 6.07) is 11.3. The van der Waals surface area contributed by atoms with Crippen molar-refractivity contribution in [3.05, 3.63) is 51.3 Å². The van der Waals surface area contributed by atoms with Crippen molar-refractivity contribution in [2.24, 2.45) is 0 Å². The minimum Gasteiger partial charge on any atom is -0.206 e. The molecular formula is C14H14BrNO2S2.